The van der Waals surface area contributed by atoms with Gasteiger partial charge in [-0.05, 0) is 36.4 Å². The van der Waals surface area contributed by atoms with Crippen LogP contribution in [0.1, 0.15) is 0 Å². The lowest BCUT2D eigenvalue weighted by molar-refractivity contribution is -0.118. The molecule has 0 fully saturated rings. The maximum absolute atomic E-state index is 11.7. The highest BCUT2D eigenvalue weighted by molar-refractivity contribution is 6.32. The predicted octanol–water partition coefficient (Wildman–Crippen LogP) is 3.41. The Bertz CT molecular complexity index is 573. The third kappa shape index (κ3) is 4.12. The first kappa shape index (κ1) is 13.6. The summed E-state index contributed by atoms with van der Waals surface area (Å²) >= 11 is 11.6. The van der Waals surface area contributed by atoms with Crippen molar-refractivity contribution in [2.75, 3.05) is 11.9 Å². The highest BCUT2D eigenvalue weighted by atomic mass is 35.5. The number of pyridine rings is 1. The zero-order valence-corrected chi connectivity index (χ0v) is 11.3. The Hall–Kier alpha value is -1.78. The maximum atomic E-state index is 11.7. The van der Waals surface area contributed by atoms with E-state index in [4.69, 9.17) is 27.9 Å². The molecule has 0 unspecified atom stereocenters. The van der Waals surface area contributed by atoms with Crippen molar-refractivity contribution < 1.29 is 9.53 Å². The molecule has 19 heavy (non-hydrogen) atoms. The number of carbonyl (C=O) groups excluding carboxylic acids is 1. The van der Waals surface area contributed by atoms with Crippen molar-refractivity contribution in [1.82, 2.24) is 4.98 Å². The first-order valence-corrected chi connectivity index (χ1v) is 6.19. The lowest BCUT2D eigenvalue weighted by Gasteiger charge is -2.08. The second-order valence-corrected chi connectivity index (χ2v) is 4.43. The van der Waals surface area contributed by atoms with Gasteiger partial charge >= 0.3 is 0 Å². The summed E-state index contributed by atoms with van der Waals surface area (Å²) in [4.78, 5) is 15.5. The normalized spacial score (nSPS) is 10.0. The van der Waals surface area contributed by atoms with Crippen LogP contribution < -0.4 is 10.1 Å². The Kier molecular flexibility index (Phi) is 4.60. The predicted molar refractivity (Wildman–Crippen MR) is 74.8 cm³/mol. The molecule has 0 saturated carbocycles. The van der Waals surface area contributed by atoms with E-state index in [1.54, 1.807) is 42.6 Å². The van der Waals surface area contributed by atoms with Gasteiger partial charge in [-0.25, -0.2) is 4.98 Å². The number of hydrogen-bond donors (Lipinski definition) is 1. The van der Waals surface area contributed by atoms with Crippen molar-refractivity contribution in [3.8, 4) is 5.75 Å². The van der Waals surface area contributed by atoms with E-state index in [1.165, 1.54) is 0 Å². The van der Waals surface area contributed by atoms with Crippen LogP contribution in [0.3, 0.4) is 0 Å². The molecule has 0 bridgehead atoms. The van der Waals surface area contributed by atoms with Crippen LogP contribution in [0.15, 0.2) is 42.6 Å². The Morgan fingerprint density at radius 2 is 1.95 bits per heavy atom. The van der Waals surface area contributed by atoms with E-state index < -0.39 is 0 Å². The number of halogens is 2. The fourth-order valence-electron chi connectivity index (χ4n) is 1.35. The van der Waals surface area contributed by atoms with Gasteiger partial charge in [-0.1, -0.05) is 23.2 Å². The van der Waals surface area contributed by atoms with E-state index in [0.717, 1.165) is 0 Å². The van der Waals surface area contributed by atoms with Crippen molar-refractivity contribution in [2.45, 2.75) is 0 Å². The molecule has 1 heterocycles. The largest absolute Gasteiger partial charge is 0.484 e. The second-order valence-electron chi connectivity index (χ2n) is 3.63. The fraction of sp³-hybridized carbons (Fsp3) is 0.0769. The van der Waals surface area contributed by atoms with E-state index in [9.17, 15) is 4.79 Å². The number of carbonyl (C=O) groups is 1. The number of ether oxygens (including phenoxy) is 1. The molecule has 6 heteroatoms. The molecule has 1 N–H and O–H groups in total. The van der Waals surface area contributed by atoms with Crippen LogP contribution >= 0.6 is 23.2 Å². The summed E-state index contributed by atoms with van der Waals surface area (Å²) in [5, 5.41) is 3.46. The van der Waals surface area contributed by atoms with E-state index in [0.29, 0.717) is 16.5 Å². The average Bonchev–Trinajstić information content (AvgIpc) is 2.41. The summed E-state index contributed by atoms with van der Waals surface area (Å²) in [6.45, 7) is -0.118. The van der Waals surface area contributed by atoms with E-state index in [1.807, 2.05) is 0 Å². The molecule has 1 aromatic carbocycles. The molecule has 0 aliphatic rings. The smallest absolute Gasteiger partial charge is 0.262 e. The molecule has 0 radical (unpaired) electrons. The fourth-order valence-corrected chi connectivity index (χ4v) is 1.64. The number of nitrogens with zero attached hydrogens (tertiary/aromatic N) is 1. The monoisotopic (exact) mass is 296 g/mol. The molecular weight excluding hydrogens is 287 g/mol. The number of nitrogens with one attached hydrogen (secondary N) is 1. The van der Waals surface area contributed by atoms with Gasteiger partial charge in [-0.2, -0.15) is 0 Å². The molecule has 0 aliphatic heterocycles. The first-order chi connectivity index (χ1) is 9.15. The van der Waals surface area contributed by atoms with Crippen LogP contribution in [0.2, 0.25) is 10.2 Å². The van der Waals surface area contributed by atoms with Crippen LogP contribution in [0.25, 0.3) is 0 Å². The number of amides is 1. The molecule has 2 aromatic rings. The molecule has 98 valence electrons. The third-order valence-electron chi connectivity index (χ3n) is 2.22. The lowest BCUT2D eigenvalue weighted by atomic mass is 10.3. The average molecular weight is 297 g/mol. The van der Waals surface area contributed by atoms with Gasteiger partial charge in [0.2, 0.25) is 0 Å². The summed E-state index contributed by atoms with van der Waals surface area (Å²) in [5.41, 5.74) is 0.453. The van der Waals surface area contributed by atoms with Crippen molar-refractivity contribution >= 4 is 34.8 Å². The Morgan fingerprint density at radius 1 is 1.21 bits per heavy atom. The first-order valence-electron chi connectivity index (χ1n) is 5.44. The van der Waals surface area contributed by atoms with Crippen LogP contribution in [0.5, 0.6) is 5.75 Å². The van der Waals surface area contributed by atoms with Crippen molar-refractivity contribution in [1.29, 1.82) is 0 Å². The summed E-state index contributed by atoms with van der Waals surface area (Å²) in [6.07, 6.45) is 1.54. The number of anilines is 1. The van der Waals surface area contributed by atoms with Crippen LogP contribution in [0.4, 0.5) is 5.69 Å². The van der Waals surface area contributed by atoms with E-state index in [2.05, 4.69) is 10.3 Å². The van der Waals surface area contributed by atoms with Gasteiger partial charge in [0, 0.05) is 11.2 Å². The van der Waals surface area contributed by atoms with Gasteiger partial charge in [-0.15, -0.1) is 0 Å². The summed E-state index contributed by atoms with van der Waals surface area (Å²) in [6, 6.07) is 10.1. The third-order valence-corrected chi connectivity index (χ3v) is 2.77. The zero-order chi connectivity index (χ0) is 13.7. The van der Waals surface area contributed by atoms with Gasteiger partial charge in [0.15, 0.2) is 11.8 Å². The number of rotatable bonds is 4. The summed E-state index contributed by atoms with van der Waals surface area (Å²) < 4.78 is 5.30. The highest BCUT2D eigenvalue weighted by Gasteiger charge is 2.06. The van der Waals surface area contributed by atoms with Crippen molar-refractivity contribution in [2.24, 2.45) is 0 Å². The van der Waals surface area contributed by atoms with Gasteiger partial charge in [-0.3, -0.25) is 4.79 Å². The zero-order valence-electron chi connectivity index (χ0n) is 9.77. The minimum absolute atomic E-state index is 0.118. The molecular formula is C13H10Cl2N2O2. The molecule has 1 aromatic heterocycles. The minimum atomic E-state index is -0.315. The maximum Gasteiger partial charge on any atom is 0.262 e. The van der Waals surface area contributed by atoms with E-state index >= 15 is 0 Å². The molecule has 0 spiro atoms. The van der Waals surface area contributed by atoms with Gasteiger partial charge in [0.25, 0.3) is 5.91 Å². The molecule has 2 rings (SSSR count). The Balaban J connectivity index is 1.88. The van der Waals surface area contributed by atoms with E-state index in [-0.39, 0.29) is 17.7 Å². The van der Waals surface area contributed by atoms with Crippen molar-refractivity contribution in [3.05, 3.63) is 52.8 Å². The standard InChI is InChI=1S/C13H10Cl2N2O2/c14-9-3-5-10(6-4-9)19-8-12(18)17-11-2-1-7-16-13(11)15/h1-7H,8H2,(H,17,18). The molecule has 0 atom stereocenters. The minimum Gasteiger partial charge on any atom is -0.484 e. The lowest BCUT2D eigenvalue weighted by Crippen LogP contribution is -2.20. The Morgan fingerprint density at radius 3 is 2.63 bits per heavy atom. The molecule has 0 aliphatic carbocycles. The van der Waals surface area contributed by atoms with Gasteiger partial charge in [0.05, 0.1) is 5.69 Å². The number of hydrogen-bond acceptors (Lipinski definition) is 3. The Labute approximate surface area is 120 Å². The second kappa shape index (κ2) is 6.41. The van der Waals surface area contributed by atoms with Gasteiger partial charge < -0.3 is 10.1 Å². The van der Waals surface area contributed by atoms with Crippen LogP contribution in [-0.2, 0) is 4.79 Å². The SMILES string of the molecule is O=C(COc1ccc(Cl)cc1)Nc1cccnc1Cl. The summed E-state index contributed by atoms with van der Waals surface area (Å²) in [7, 11) is 0. The molecule has 1 amide bonds. The summed E-state index contributed by atoms with van der Waals surface area (Å²) in [5.74, 6) is 0.252. The van der Waals surface area contributed by atoms with Crippen LogP contribution in [-0.4, -0.2) is 17.5 Å². The quantitative estimate of drug-likeness (QED) is 0.880. The molecule has 0 saturated heterocycles. The van der Waals surface area contributed by atoms with Crippen LogP contribution in [0, 0.1) is 0 Å². The van der Waals surface area contributed by atoms with Crippen molar-refractivity contribution in [3.63, 3.8) is 0 Å². The molecule has 4 nitrogen and oxygen atoms in total. The topological polar surface area (TPSA) is 51.2 Å². The number of aromatic nitrogens is 1. The highest BCUT2D eigenvalue weighted by Crippen LogP contribution is 2.18. The number of benzene rings is 1. The van der Waals surface area contributed by atoms with Gasteiger partial charge in [0.1, 0.15) is 5.75 Å².